The fraction of sp³-hybridized carbons (Fsp3) is 0.235. The molecule has 0 radical (unpaired) electrons. The maximum atomic E-state index is 12.0. The van der Waals surface area contributed by atoms with Crippen LogP contribution in [0.5, 0.6) is 0 Å². The van der Waals surface area contributed by atoms with Crippen LogP contribution < -0.4 is 0 Å². The zero-order valence-corrected chi connectivity index (χ0v) is 11.1. The van der Waals surface area contributed by atoms with Gasteiger partial charge in [-0.3, -0.25) is 4.79 Å². The van der Waals surface area contributed by atoms with E-state index in [1.54, 1.807) is 6.92 Å². The van der Waals surface area contributed by atoms with Crippen LogP contribution in [0.15, 0.2) is 48.5 Å². The SMILES string of the molecule is CC(=O)C(c1ccccc1)c1ccc(C)cc1C. The van der Waals surface area contributed by atoms with E-state index in [2.05, 4.69) is 32.0 Å². The van der Waals surface area contributed by atoms with Crippen molar-refractivity contribution >= 4 is 5.78 Å². The predicted octanol–water partition coefficient (Wildman–Crippen LogP) is 4.02. The number of aryl methyl sites for hydroxylation is 2. The van der Waals surface area contributed by atoms with E-state index >= 15 is 0 Å². The molecule has 0 bridgehead atoms. The van der Waals surface area contributed by atoms with Gasteiger partial charge < -0.3 is 0 Å². The highest BCUT2D eigenvalue weighted by molar-refractivity contribution is 5.87. The summed E-state index contributed by atoms with van der Waals surface area (Å²) in [4.78, 5) is 12.0. The Balaban J connectivity index is 2.52. The Morgan fingerprint density at radius 2 is 1.67 bits per heavy atom. The smallest absolute Gasteiger partial charge is 0.141 e. The Hall–Kier alpha value is -1.89. The maximum Gasteiger partial charge on any atom is 0.141 e. The van der Waals surface area contributed by atoms with E-state index < -0.39 is 0 Å². The second kappa shape index (κ2) is 5.18. The van der Waals surface area contributed by atoms with Gasteiger partial charge in [0.25, 0.3) is 0 Å². The number of hydrogen-bond acceptors (Lipinski definition) is 1. The van der Waals surface area contributed by atoms with Crippen LogP contribution in [-0.4, -0.2) is 5.78 Å². The average molecular weight is 238 g/mol. The first kappa shape index (κ1) is 12.6. The summed E-state index contributed by atoms with van der Waals surface area (Å²) in [6.45, 7) is 5.81. The Bertz CT molecular complexity index is 555. The number of ketones is 1. The third-order valence-corrected chi connectivity index (χ3v) is 3.28. The van der Waals surface area contributed by atoms with Crippen molar-refractivity contribution in [1.82, 2.24) is 0 Å². The number of carbonyl (C=O) groups is 1. The molecule has 2 aromatic rings. The van der Waals surface area contributed by atoms with Gasteiger partial charge in [0.1, 0.15) is 5.78 Å². The molecule has 1 atom stereocenters. The van der Waals surface area contributed by atoms with E-state index in [4.69, 9.17) is 0 Å². The van der Waals surface area contributed by atoms with Crippen molar-refractivity contribution in [3.63, 3.8) is 0 Å². The lowest BCUT2D eigenvalue weighted by atomic mass is 9.85. The first-order valence-corrected chi connectivity index (χ1v) is 6.22. The third kappa shape index (κ3) is 2.51. The first-order valence-electron chi connectivity index (χ1n) is 6.22. The van der Waals surface area contributed by atoms with Crippen molar-refractivity contribution in [1.29, 1.82) is 0 Å². The van der Waals surface area contributed by atoms with E-state index in [-0.39, 0.29) is 11.7 Å². The molecule has 0 saturated carbocycles. The van der Waals surface area contributed by atoms with Crippen LogP contribution >= 0.6 is 0 Å². The number of hydrogen-bond donors (Lipinski definition) is 0. The summed E-state index contributed by atoms with van der Waals surface area (Å²) in [5.74, 6) is 0.0416. The molecule has 0 aromatic heterocycles. The number of rotatable bonds is 3. The summed E-state index contributed by atoms with van der Waals surface area (Å²) >= 11 is 0. The molecule has 0 aliphatic rings. The van der Waals surface area contributed by atoms with Crippen molar-refractivity contribution in [2.45, 2.75) is 26.7 Å². The molecule has 2 aromatic carbocycles. The molecule has 0 spiro atoms. The van der Waals surface area contributed by atoms with Crippen molar-refractivity contribution in [3.8, 4) is 0 Å². The fourth-order valence-electron chi connectivity index (χ4n) is 2.43. The molecule has 0 heterocycles. The highest BCUT2D eigenvalue weighted by Crippen LogP contribution is 2.28. The van der Waals surface area contributed by atoms with Crippen molar-refractivity contribution in [2.24, 2.45) is 0 Å². The summed E-state index contributed by atoms with van der Waals surface area (Å²) in [6.07, 6.45) is 0. The molecule has 0 aliphatic heterocycles. The molecule has 0 saturated heterocycles. The van der Waals surface area contributed by atoms with Crippen LogP contribution in [0.25, 0.3) is 0 Å². The summed E-state index contributed by atoms with van der Waals surface area (Å²) in [6, 6.07) is 16.3. The number of benzene rings is 2. The second-order valence-corrected chi connectivity index (χ2v) is 4.81. The van der Waals surface area contributed by atoms with Crippen molar-refractivity contribution in [2.75, 3.05) is 0 Å². The topological polar surface area (TPSA) is 17.1 Å². The zero-order chi connectivity index (χ0) is 13.1. The first-order chi connectivity index (χ1) is 8.59. The van der Waals surface area contributed by atoms with E-state index in [1.165, 1.54) is 11.1 Å². The Kier molecular flexibility index (Phi) is 3.61. The lowest BCUT2D eigenvalue weighted by molar-refractivity contribution is -0.117. The quantitative estimate of drug-likeness (QED) is 0.789. The molecule has 1 heteroatoms. The lowest BCUT2D eigenvalue weighted by Gasteiger charge is -2.17. The molecule has 18 heavy (non-hydrogen) atoms. The minimum atomic E-state index is -0.146. The highest BCUT2D eigenvalue weighted by Gasteiger charge is 2.20. The Morgan fingerprint density at radius 3 is 2.22 bits per heavy atom. The van der Waals surface area contributed by atoms with Gasteiger partial charge in [-0.15, -0.1) is 0 Å². The van der Waals surface area contributed by atoms with Crippen LogP contribution in [0.2, 0.25) is 0 Å². The predicted molar refractivity (Wildman–Crippen MR) is 74.9 cm³/mol. The van der Waals surface area contributed by atoms with Gasteiger partial charge in [-0.25, -0.2) is 0 Å². The summed E-state index contributed by atoms with van der Waals surface area (Å²) < 4.78 is 0. The summed E-state index contributed by atoms with van der Waals surface area (Å²) in [5.41, 5.74) is 4.59. The van der Waals surface area contributed by atoms with E-state index in [0.29, 0.717) is 0 Å². The van der Waals surface area contributed by atoms with Crippen LogP contribution in [-0.2, 0) is 4.79 Å². The Labute approximate surface area is 108 Å². The van der Waals surface area contributed by atoms with Crippen molar-refractivity contribution in [3.05, 3.63) is 70.8 Å². The fourth-order valence-corrected chi connectivity index (χ4v) is 2.43. The molecule has 2 rings (SSSR count). The third-order valence-electron chi connectivity index (χ3n) is 3.28. The van der Waals surface area contributed by atoms with Gasteiger partial charge in [0.05, 0.1) is 5.92 Å². The molecular formula is C17H18O. The maximum absolute atomic E-state index is 12.0. The average Bonchev–Trinajstić information content (AvgIpc) is 2.33. The molecule has 0 amide bonds. The van der Waals surface area contributed by atoms with Gasteiger partial charge >= 0.3 is 0 Å². The van der Waals surface area contributed by atoms with Gasteiger partial charge in [0.2, 0.25) is 0 Å². The molecule has 1 nitrogen and oxygen atoms in total. The molecule has 0 fully saturated rings. The van der Waals surface area contributed by atoms with Crippen molar-refractivity contribution < 1.29 is 4.79 Å². The van der Waals surface area contributed by atoms with Gasteiger partial charge in [-0.1, -0.05) is 54.1 Å². The minimum absolute atomic E-state index is 0.146. The van der Waals surface area contributed by atoms with E-state index in [0.717, 1.165) is 11.1 Å². The lowest BCUT2D eigenvalue weighted by Crippen LogP contribution is -2.12. The van der Waals surface area contributed by atoms with Crippen LogP contribution in [0, 0.1) is 13.8 Å². The summed E-state index contributed by atoms with van der Waals surface area (Å²) in [7, 11) is 0. The van der Waals surface area contributed by atoms with Gasteiger partial charge in [0.15, 0.2) is 0 Å². The summed E-state index contributed by atoms with van der Waals surface area (Å²) in [5, 5.41) is 0. The molecular weight excluding hydrogens is 220 g/mol. The van der Waals surface area contributed by atoms with Crippen LogP contribution in [0.1, 0.15) is 35.1 Å². The van der Waals surface area contributed by atoms with Crippen LogP contribution in [0.4, 0.5) is 0 Å². The van der Waals surface area contributed by atoms with Gasteiger partial charge in [0, 0.05) is 0 Å². The minimum Gasteiger partial charge on any atom is -0.299 e. The highest BCUT2D eigenvalue weighted by atomic mass is 16.1. The monoisotopic (exact) mass is 238 g/mol. The van der Waals surface area contributed by atoms with E-state index in [1.807, 2.05) is 30.3 Å². The molecule has 1 unspecified atom stereocenters. The molecule has 92 valence electrons. The largest absolute Gasteiger partial charge is 0.299 e. The van der Waals surface area contributed by atoms with Gasteiger partial charge in [-0.2, -0.15) is 0 Å². The molecule has 0 N–H and O–H groups in total. The number of carbonyl (C=O) groups excluding carboxylic acids is 1. The standard InChI is InChI=1S/C17H18O/c1-12-9-10-16(13(2)11-12)17(14(3)18)15-7-5-4-6-8-15/h4-11,17H,1-3H3. The van der Waals surface area contributed by atoms with Gasteiger partial charge in [-0.05, 0) is 37.5 Å². The Morgan fingerprint density at radius 1 is 1.00 bits per heavy atom. The van der Waals surface area contributed by atoms with Crippen LogP contribution in [0.3, 0.4) is 0 Å². The number of Topliss-reactive ketones (excluding diaryl/α,β-unsaturated/α-hetero) is 1. The van der Waals surface area contributed by atoms with E-state index in [9.17, 15) is 4.79 Å². The normalized spacial score (nSPS) is 12.2. The molecule has 0 aliphatic carbocycles. The second-order valence-electron chi connectivity index (χ2n) is 4.81. The zero-order valence-electron chi connectivity index (χ0n) is 11.1.